The summed E-state index contributed by atoms with van der Waals surface area (Å²) < 4.78 is 68.0. The van der Waals surface area contributed by atoms with Gasteiger partial charge in [0.1, 0.15) is 6.07 Å². The molecule has 0 aliphatic carbocycles. The molecule has 1 aromatic carbocycles. The van der Waals surface area contributed by atoms with Crippen LogP contribution in [0.2, 0.25) is 0 Å². The molecule has 0 amide bonds. The van der Waals surface area contributed by atoms with Crippen molar-refractivity contribution in [2.75, 3.05) is 25.0 Å². The van der Waals surface area contributed by atoms with Crippen LogP contribution >= 0.6 is 0 Å². The molecule has 2 aromatic rings. The molecule has 174 valence electrons. The van der Waals surface area contributed by atoms with E-state index in [2.05, 4.69) is 15.1 Å². The van der Waals surface area contributed by atoms with E-state index in [0.29, 0.717) is 18.5 Å². The van der Waals surface area contributed by atoms with Crippen LogP contribution in [0.4, 0.5) is 18.9 Å². The van der Waals surface area contributed by atoms with E-state index in [1.807, 2.05) is 13.0 Å². The second-order valence-corrected chi connectivity index (χ2v) is 9.57. The van der Waals surface area contributed by atoms with Crippen molar-refractivity contribution < 1.29 is 21.6 Å². The minimum Gasteiger partial charge on any atom is -0.376 e. The molecule has 1 aliphatic heterocycles. The van der Waals surface area contributed by atoms with Gasteiger partial charge in [-0.3, -0.25) is 9.58 Å². The Hall–Kier alpha value is -2.62. The molecule has 12 heteroatoms. The van der Waals surface area contributed by atoms with Crippen LogP contribution in [0.1, 0.15) is 37.1 Å². The van der Waals surface area contributed by atoms with E-state index < -0.39 is 28.8 Å². The summed E-state index contributed by atoms with van der Waals surface area (Å²) in [6.45, 7) is 0.957. The first kappa shape index (κ1) is 24.0. The second-order valence-electron chi connectivity index (χ2n) is 7.80. The van der Waals surface area contributed by atoms with Crippen LogP contribution in [0.25, 0.3) is 0 Å². The van der Waals surface area contributed by atoms with E-state index in [4.69, 9.17) is 0 Å². The largest absolute Gasteiger partial charge is 0.401 e. The summed E-state index contributed by atoms with van der Waals surface area (Å²) in [5.74, 6) is 0. The first-order chi connectivity index (χ1) is 15.0. The third-order valence-corrected chi connectivity index (χ3v) is 6.91. The number of aryl methyl sites for hydroxylation is 1. The number of aromatic nitrogens is 2. The molecule has 1 fully saturated rings. The van der Waals surface area contributed by atoms with Crippen molar-refractivity contribution in [3.63, 3.8) is 0 Å². The molecule has 0 radical (unpaired) electrons. The van der Waals surface area contributed by atoms with Crippen LogP contribution in [-0.2, 0) is 17.1 Å². The Balaban J connectivity index is 1.74. The number of hydrogen-bond acceptors (Lipinski definition) is 6. The molecule has 2 atom stereocenters. The lowest BCUT2D eigenvalue weighted by Crippen LogP contribution is -2.44. The molecule has 8 nitrogen and oxygen atoms in total. The summed E-state index contributed by atoms with van der Waals surface area (Å²) in [4.78, 5) is 1.18. The molecule has 2 N–H and O–H groups in total. The number of sulfonamides is 1. The zero-order chi connectivity index (χ0) is 23.5. The van der Waals surface area contributed by atoms with Gasteiger partial charge in [-0.25, -0.2) is 13.1 Å². The van der Waals surface area contributed by atoms with Crippen molar-refractivity contribution in [3.8, 4) is 6.07 Å². The smallest absolute Gasteiger partial charge is 0.376 e. The van der Waals surface area contributed by atoms with Crippen molar-refractivity contribution in [1.82, 2.24) is 19.4 Å². The van der Waals surface area contributed by atoms with Crippen molar-refractivity contribution >= 4 is 15.7 Å². The molecule has 32 heavy (non-hydrogen) atoms. The lowest BCUT2D eigenvalue weighted by Gasteiger charge is -2.25. The monoisotopic (exact) mass is 470 g/mol. The van der Waals surface area contributed by atoms with E-state index in [-0.39, 0.29) is 29.6 Å². The van der Waals surface area contributed by atoms with Crippen LogP contribution < -0.4 is 10.0 Å². The number of hydrogen-bond donors (Lipinski definition) is 2. The fourth-order valence-corrected chi connectivity index (χ4v) is 4.98. The van der Waals surface area contributed by atoms with Crippen molar-refractivity contribution in [2.24, 2.45) is 7.05 Å². The van der Waals surface area contributed by atoms with Crippen LogP contribution in [0.5, 0.6) is 0 Å². The Morgan fingerprint density at radius 2 is 2.09 bits per heavy atom. The molecular formula is C20H25F3N6O2S. The highest BCUT2D eigenvalue weighted by molar-refractivity contribution is 7.89. The average molecular weight is 471 g/mol. The van der Waals surface area contributed by atoms with Gasteiger partial charge in [-0.2, -0.15) is 23.5 Å². The number of nitrogens with zero attached hydrogens (tertiary/aromatic N) is 4. The minimum atomic E-state index is -4.33. The highest BCUT2D eigenvalue weighted by atomic mass is 32.2. The number of alkyl halides is 3. The Morgan fingerprint density at radius 1 is 1.34 bits per heavy atom. The lowest BCUT2D eigenvalue weighted by atomic mass is 10.1. The van der Waals surface area contributed by atoms with E-state index in [1.165, 1.54) is 23.1 Å². The first-order valence-electron chi connectivity index (χ1n) is 10.1. The second kappa shape index (κ2) is 9.48. The van der Waals surface area contributed by atoms with Crippen molar-refractivity contribution in [2.45, 2.75) is 42.9 Å². The van der Waals surface area contributed by atoms with Crippen LogP contribution in [0.15, 0.2) is 35.4 Å². The normalized spacial score (nSPS) is 18.4. The predicted octanol–water partition coefficient (Wildman–Crippen LogP) is 2.77. The van der Waals surface area contributed by atoms with Crippen LogP contribution in [-0.4, -0.2) is 55.0 Å². The molecule has 0 spiro atoms. The molecule has 0 bridgehead atoms. The zero-order valence-electron chi connectivity index (χ0n) is 17.7. The fourth-order valence-electron chi connectivity index (χ4n) is 3.88. The van der Waals surface area contributed by atoms with Crippen LogP contribution in [0.3, 0.4) is 0 Å². The molecule has 3 rings (SSSR count). The van der Waals surface area contributed by atoms with Gasteiger partial charge < -0.3 is 5.32 Å². The summed E-state index contributed by atoms with van der Waals surface area (Å²) in [5.41, 5.74) is 1.44. The maximum absolute atomic E-state index is 12.8. The van der Waals surface area contributed by atoms with Gasteiger partial charge in [0, 0.05) is 25.8 Å². The number of rotatable bonds is 8. The molecule has 0 saturated carbocycles. The SMILES string of the molecule is C[C@@H](Nc1cc(S(=O)(=O)NCC2CCCN2CC(F)(F)F)ccc1C#N)c1ccnn1C. The van der Waals surface area contributed by atoms with Gasteiger partial charge in [-0.05, 0) is 50.6 Å². The molecular weight excluding hydrogens is 445 g/mol. The number of anilines is 1. The Labute approximate surface area is 185 Å². The van der Waals surface area contributed by atoms with E-state index in [9.17, 15) is 26.9 Å². The number of benzene rings is 1. The van der Waals surface area contributed by atoms with Gasteiger partial charge >= 0.3 is 6.18 Å². The molecule has 1 aliphatic rings. The maximum Gasteiger partial charge on any atom is 0.401 e. The highest BCUT2D eigenvalue weighted by Crippen LogP contribution is 2.26. The summed E-state index contributed by atoms with van der Waals surface area (Å²) in [6.07, 6.45) is -1.63. The lowest BCUT2D eigenvalue weighted by molar-refractivity contribution is -0.147. The third-order valence-electron chi connectivity index (χ3n) is 5.49. The molecule has 1 aromatic heterocycles. The fraction of sp³-hybridized carbons (Fsp3) is 0.500. The van der Waals surface area contributed by atoms with Gasteiger partial charge in [0.25, 0.3) is 0 Å². The Morgan fingerprint density at radius 3 is 2.72 bits per heavy atom. The Kier molecular flexibility index (Phi) is 7.12. The van der Waals surface area contributed by atoms with Gasteiger partial charge in [-0.1, -0.05) is 0 Å². The minimum absolute atomic E-state index is 0.0726. The third kappa shape index (κ3) is 5.79. The summed E-state index contributed by atoms with van der Waals surface area (Å²) >= 11 is 0. The highest BCUT2D eigenvalue weighted by Gasteiger charge is 2.36. The van der Waals surface area contributed by atoms with Gasteiger partial charge in [0.15, 0.2) is 0 Å². The molecule has 1 saturated heterocycles. The summed E-state index contributed by atoms with van der Waals surface area (Å²) in [6, 6.07) is 7.13. The number of nitriles is 1. The first-order valence-corrected chi connectivity index (χ1v) is 11.6. The van der Waals surface area contributed by atoms with E-state index in [1.54, 1.807) is 24.0 Å². The maximum atomic E-state index is 12.8. The molecule has 1 unspecified atom stereocenters. The van der Waals surface area contributed by atoms with Crippen LogP contribution in [0, 0.1) is 11.3 Å². The predicted molar refractivity (Wildman–Crippen MR) is 112 cm³/mol. The van der Waals surface area contributed by atoms with Gasteiger partial charge in [-0.15, -0.1) is 0 Å². The summed E-state index contributed by atoms with van der Waals surface area (Å²) in [7, 11) is -2.21. The number of likely N-dealkylation sites (tertiary alicyclic amines) is 1. The summed E-state index contributed by atoms with van der Waals surface area (Å²) in [5, 5.41) is 16.6. The topological polar surface area (TPSA) is 103 Å². The standard InChI is InChI=1S/C20H25F3N6O2S/c1-14(19-7-8-25-28(19)2)27-18-10-17(6-5-15(18)11-24)32(30,31)26-12-16-4-3-9-29(16)13-20(21,22)23/h5-8,10,14,16,26-27H,3-4,9,12-13H2,1-2H3/t14-,16?/m1/s1. The van der Waals surface area contributed by atoms with Crippen molar-refractivity contribution in [3.05, 3.63) is 41.7 Å². The van der Waals surface area contributed by atoms with Gasteiger partial charge in [0.05, 0.1) is 34.4 Å². The van der Waals surface area contributed by atoms with E-state index in [0.717, 1.165) is 5.69 Å². The zero-order valence-corrected chi connectivity index (χ0v) is 18.5. The molecule has 2 heterocycles. The average Bonchev–Trinajstić information content (AvgIpc) is 3.33. The Bertz CT molecular complexity index is 1090. The van der Waals surface area contributed by atoms with Gasteiger partial charge in [0.2, 0.25) is 10.0 Å². The quantitative estimate of drug-likeness (QED) is 0.615. The van der Waals surface area contributed by atoms with Crippen molar-refractivity contribution in [1.29, 1.82) is 5.26 Å². The number of halogens is 3. The van der Waals surface area contributed by atoms with E-state index >= 15 is 0 Å². The number of nitrogens with one attached hydrogen (secondary N) is 2.